The van der Waals surface area contributed by atoms with Crippen LogP contribution in [0.4, 0.5) is 0 Å². The summed E-state index contributed by atoms with van der Waals surface area (Å²) < 4.78 is 0. The van der Waals surface area contributed by atoms with E-state index in [1.54, 1.807) is 0 Å². The molecule has 2 fully saturated rings. The number of hydrogen-bond donors (Lipinski definition) is 1. The van der Waals surface area contributed by atoms with Crippen LogP contribution in [0.5, 0.6) is 0 Å². The van der Waals surface area contributed by atoms with E-state index in [9.17, 15) is 4.79 Å². The maximum Gasteiger partial charge on any atom is 0.226 e. The molecule has 2 rings (SSSR count). The molecule has 2 unspecified atom stereocenters. The largest absolute Gasteiger partial charge is 0.340 e. The van der Waals surface area contributed by atoms with Gasteiger partial charge >= 0.3 is 0 Å². The van der Waals surface area contributed by atoms with Crippen LogP contribution in [0, 0.1) is 17.3 Å². The third-order valence-corrected chi connectivity index (χ3v) is 4.57. The maximum absolute atomic E-state index is 12.5. The lowest BCUT2D eigenvalue weighted by molar-refractivity contribution is -0.135. The molecule has 18 heavy (non-hydrogen) atoms. The van der Waals surface area contributed by atoms with Crippen LogP contribution in [0.3, 0.4) is 0 Å². The van der Waals surface area contributed by atoms with Gasteiger partial charge in [-0.3, -0.25) is 4.79 Å². The molecule has 1 amide bonds. The normalized spacial score (nSPS) is 30.3. The van der Waals surface area contributed by atoms with Gasteiger partial charge in [0.15, 0.2) is 0 Å². The van der Waals surface area contributed by atoms with Crippen LogP contribution in [0.2, 0.25) is 0 Å². The third-order valence-electron chi connectivity index (χ3n) is 4.57. The topological polar surface area (TPSA) is 32.3 Å². The second-order valence-corrected chi connectivity index (χ2v) is 7.04. The van der Waals surface area contributed by atoms with Gasteiger partial charge in [-0.1, -0.05) is 13.8 Å². The molecular formula is C15H28N2O. The van der Waals surface area contributed by atoms with E-state index in [1.165, 1.54) is 12.8 Å². The van der Waals surface area contributed by atoms with Gasteiger partial charge in [-0.2, -0.15) is 0 Å². The Balaban J connectivity index is 1.93. The number of amides is 1. The minimum atomic E-state index is 0.245. The van der Waals surface area contributed by atoms with E-state index in [-0.39, 0.29) is 11.3 Å². The van der Waals surface area contributed by atoms with Crippen molar-refractivity contribution < 1.29 is 4.79 Å². The van der Waals surface area contributed by atoms with E-state index in [0.29, 0.717) is 17.9 Å². The summed E-state index contributed by atoms with van der Waals surface area (Å²) in [5.41, 5.74) is 0.245. The predicted octanol–water partition coefficient (Wildman–Crippen LogP) is 2.27. The molecule has 3 nitrogen and oxygen atoms in total. The minimum Gasteiger partial charge on any atom is -0.340 e. The van der Waals surface area contributed by atoms with Crippen molar-refractivity contribution in [2.45, 2.75) is 53.0 Å². The molecule has 1 saturated carbocycles. The van der Waals surface area contributed by atoms with Crippen LogP contribution >= 0.6 is 0 Å². The first-order valence-electron chi connectivity index (χ1n) is 7.43. The number of hydrogen-bond acceptors (Lipinski definition) is 2. The van der Waals surface area contributed by atoms with Gasteiger partial charge < -0.3 is 10.2 Å². The zero-order valence-electron chi connectivity index (χ0n) is 12.3. The Morgan fingerprint density at radius 3 is 2.56 bits per heavy atom. The van der Waals surface area contributed by atoms with E-state index < -0.39 is 0 Å². The van der Waals surface area contributed by atoms with Crippen molar-refractivity contribution in [2.75, 3.05) is 19.6 Å². The fourth-order valence-electron chi connectivity index (χ4n) is 3.00. The summed E-state index contributed by atoms with van der Waals surface area (Å²) >= 11 is 0. The molecule has 2 atom stereocenters. The maximum atomic E-state index is 12.5. The molecule has 1 heterocycles. The molecule has 104 valence electrons. The van der Waals surface area contributed by atoms with Crippen molar-refractivity contribution in [1.82, 2.24) is 10.2 Å². The van der Waals surface area contributed by atoms with Crippen LogP contribution in [0.15, 0.2) is 0 Å². The van der Waals surface area contributed by atoms with E-state index >= 15 is 0 Å². The summed E-state index contributed by atoms with van der Waals surface area (Å²) in [6, 6.07) is 0.329. The van der Waals surface area contributed by atoms with Gasteiger partial charge in [-0.25, -0.2) is 0 Å². The molecule has 0 aromatic heterocycles. The summed E-state index contributed by atoms with van der Waals surface area (Å²) in [5, 5.41) is 3.44. The summed E-state index contributed by atoms with van der Waals surface area (Å²) in [6.45, 7) is 11.8. The fourth-order valence-corrected chi connectivity index (χ4v) is 3.00. The van der Waals surface area contributed by atoms with E-state index in [4.69, 9.17) is 0 Å². The summed E-state index contributed by atoms with van der Waals surface area (Å²) in [7, 11) is 0. The van der Waals surface area contributed by atoms with Crippen LogP contribution in [-0.4, -0.2) is 36.5 Å². The predicted molar refractivity (Wildman–Crippen MR) is 74.3 cm³/mol. The molecular weight excluding hydrogens is 224 g/mol. The first kappa shape index (κ1) is 13.9. The van der Waals surface area contributed by atoms with Crippen LogP contribution in [0.25, 0.3) is 0 Å². The fraction of sp³-hybridized carbons (Fsp3) is 0.933. The summed E-state index contributed by atoms with van der Waals surface area (Å²) in [5.74, 6) is 1.31. The van der Waals surface area contributed by atoms with Gasteiger partial charge in [0.1, 0.15) is 0 Å². The second-order valence-electron chi connectivity index (χ2n) is 7.04. The number of nitrogens with one attached hydrogen (secondary N) is 1. The lowest BCUT2D eigenvalue weighted by Gasteiger charge is -2.33. The number of carbonyl (C=O) groups is 1. The van der Waals surface area contributed by atoms with Crippen molar-refractivity contribution >= 4 is 5.91 Å². The number of piperidine rings is 1. The van der Waals surface area contributed by atoms with Crippen molar-refractivity contribution in [2.24, 2.45) is 17.3 Å². The van der Waals surface area contributed by atoms with Gasteiger partial charge in [-0.15, -0.1) is 0 Å². The lowest BCUT2D eigenvalue weighted by atomic mass is 9.98. The first-order valence-corrected chi connectivity index (χ1v) is 7.43. The Labute approximate surface area is 111 Å². The Hall–Kier alpha value is -0.570. The number of carbonyl (C=O) groups excluding carboxylic acids is 1. The molecule has 2 aliphatic rings. The zero-order valence-corrected chi connectivity index (χ0v) is 12.3. The van der Waals surface area contributed by atoms with E-state index in [1.807, 2.05) is 0 Å². The van der Waals surface area contributed by atoms with Gasteiger partial charge in [0, 0.05) is 18.5 Å². The minimum absolute atomic E-state index is 0.245. The SMILES string of the molecule is CC(C)N(CC1CCCNC1)C(=O)C1CC1(C)C. The van der Waals surface area contributed by atoms with Crippen molar-refractivity contribution in [1.29, 1.82) is 0 Å². The Bertz CT molecular complexity index is 306. The molecule has 1 N–H and O–H groups in total. The molecule has 1 aliphatic heterocycles. The van der Waals surface area contributed by atoms with Crippen LogP contribution < -0.4 is 5.32 Å². The highest BCUT2D eigenvalue weighted by atomic mass is 16.2. The highest BCUT2D eigenvalue weighted by Gasteiger charge is 2.52. The highest BCUT2D eigenvalue weighted by molar-refractivity contribution is 5.82. The van der Waals surface area contributed by atoms with Gasteiger partial charge in [-0.05, 0) is 57.5 Å². The third kappa shape index (κ3) is 3.05. The van der Waals surface area contributed by atoms with Crippen molar-refractivity contribution in [3.63, 3.8) is 0 Å². The quantitative estimate of drug-likeness (QED) is 0.832. The molecule has 0 bridgehead atoms. The number of nitrogens with zero attached hydrogens (tertiary/aromatic N) is 1. The highest BCUT2D eigenvalue weighted by Crippen LogP contribution is 2.52. The molecule has 0 aromatic carbocycles. The zero-order chi connectivity index (χ0) is 13.3. The smallest absolute Gasteiger partial charge is 0.226 e. The molecule has 1 saturated heterocycles. The monoisotopic (exact) mass is 252 g/mol. The Morgan fingerprint density at radius 1 is 1.44 bits per heavy atom. The van der Waals surface area contributed by atoms with Crippen molar-refractivity contribution in [3.8, 4) is 0 Å². The van der Waals surface area contributed by atoms with Gasteiger partial charge in [0.05, 0.1) is 0 Å². The number of rotatable bonds is 4. The Kier molecular flexibility index (Phi) is 4.00. The van der Waals surface area contributed by atoms with Crippen LogP contribution in [0.1, 0.15) is 47.0 Å². The first-order chi connectivity index (χ1) is 8.42. The van der Waals surface area contributed by atoms with Crippen molar-refractivity contribution in [3.05, 3.63) is 0 Å². The average Bonchev–Trinajstić information content (AvgIpc) is 2.95. The summed E-state index contributed by atoms with van der Waals surface area (Å²) in [4.78, 5) is 14.7. The molecule has 1 aliphatic carbocycles. The van der Waals surface area contributed by atoms with Gasteiger partial charge in [0.2, 0.25) is 5.91 Å². The Morgan fingerprint density at radius 2 is 2.11 bits per heavy atom. The second kappa shape index (κ2) is 5.20. The average molecular weight is 252 g/mol. The van der Waals surface area contributed by atoms with Gasteiger partial charge in [0.25, 0.3) is 0 Å². The molecule has 0 spiro atoms. The molecule has 0 radical (unpaired) electrons. The van der Waals surface area contributed by atoms with Crippen LogP contribution in [-0.2, 0) is 4.79 Å². The molecule has 3 heteroatoms. The standard InChI is InChI=1S/C15H28N2O/c1-11(2)17(10-12-6-5-7-16-9-12)14(18)13-8-15(13,3)4/h11-13,16H,5-10H2,1-4H3. The summed E-state index contributed by atoms with van der Waals surface area (Å²) in [6.07, 6.45) is 3.58. The van der Waals surface area contributed by atoms with E-state index in [2.05, 4.69) is 37.9 Å². The lowest BCUT2D eigenvalue weighted by Crippen LogP contribution is -2.45. The van der Waals surface area contributed by atoms with E-state index in [0.717, 1.165) is 26.1 Å². The molecule has 0 aromatic rings.